The fourth-order valence-corrected chi connectivity index (χ4v) is 1.42. The number of amides is 1. The first-order valence-corrected chi connectivity index (χ1v) is 4.94. The van der Waals surface area contributed by atoms with E-state index in [1.807, 2.05) is 0 Å². The summed E-state index contributed by atoms with van der Waals surface area (Å²) in [6.07, 6.45) is 1.50. The number of nitrogens with one attached hydrogen (secondary N) is 1. The van der Waals surface area contributed by atoms with E-state index in [4.69, 9.17) is 9.52 Å². The van der Waals surface area contributed by atoms with Crippen LogP contribution >= 0.6 is 0 Å². The van der Waals surface area contributed by atoms with E-state index in [1.165, 1.54) is 6.26 Å². The van der Waals surface area contributed by atoms with Crippen molar-refractivity contribution in [3.8, 4) is 0 Å². The number of carbonyl (C=O) groups is 2. The van der Waals surface area contributed by atoms with Crippen LogP contribution in [0.25, 0.3) is 0 Å². The summed E-state index contributed by atoms with van der Waals surface area (Å²) >= 11 is 0. The Morgan fingerprint density at radius 1 is 1.50 bits per heavy atom. The molecule has 1 aromatic rings. The molecule has 0 aromatic carbocycles. The van der Waals surface area contributed by atoms with Crippen molar-refractivity contribution in [2.75, 3.05) is 0 Å². The second-order valence-corrected chi connectivity index (χ2v) is 4.26. The molecule has 16 heavy (non-hydrogen) atoms. The molecule has 2 N–H and O–H groups in total. The molecule has 5 heteroatoms. The van der Waals surface area contributed by atoms with Crippen LogP contribution in [0, 0.1) is 0 Å². The summed E-state index contributed by atoms with van der Waals surface area (Å²) < 4.78 is 5.02. The molecule has 0 spiro atoms. The standard InChI is InChI=1S/C11H15NO4/c1-11(2,7-10(14)15)12-9(13)6-8-4-3-5-16-8/h3-5H,6-7H2,1-2H3,(H,12,13)(H,14,15). The first kappa shape index (κ1) is 12.3. The highest BCUT2D eigenvalue weighted by Gasteiger charge is 2.23. The molecule has 0 aliphatic heterocycles. The highest BCUT2D eigenvalue weighted by atomic mass is 16.4. The summed E-state index contributed by atoms with van der Waals surface area (Å²) in [5.41, 5.74) is -0.754. The van der Waals surface area contributed by atoms with Gasteiger partial charge < -0.3 is 14.8 Å². The maximum absolute atomic E-state index is 11.5. The minimum absolute atomic E-state index is 0.114. The van der Waals surface area contributed by atoms with Crippen molar-refractivity contribution in [2.45, 2.75) is 32.2 Å². The minimum Gasteiger partial charge on any atom is -0.481 e. The summed E-state index contributed by atoms with van der Waals surface area (Å²) in [4.78, 5) is 22.1. The molecule has 1 aromatic heterocycles. The van der Waals surface area contributed by atoms with Crippen molar-refractivity contribution >= 4 is 11.9 Å². The molecule has 0 saturated carbocycles. The number of carboxylic acids is 1. The minimum atomic E-state index is -0.941. The van der Waals surface area contributed by atoms with Crippen LogP contribution in [0.5, 0.6) is 0 Å². The molecule has 0 bridgehead atoms. The predicted molar refractivity (Wildman–Crippen MR) is 56.9 cm³/mol. The summed E-state index contributed by atoms with van der Waals surface area (Å²) in [6, 6.07) is 3.40. The van der Waals surface area contributed by atoms with E-state index in [-0.39, 0.29) is 18.7 Å². The van der Waals surface area contributed by atoms with E-state index >= 15 is 0 Å². The van der Waals surface area contributed by atoms with Gasteiger partial charge in [-0.05, 0) is 26.0 Å². The Kier molecular flexibility index (Phi) is 3.71. The average Bonchev–Trinajstić information content (AvgIpc) is 2.51. The van der Waals surface area contributed by atoms with Gasteiger partial charge in [-0.25, -0.2) is 0 Å². The quantitative estimate of drug-likeness (QED) is 0.788. The van der Waals surface area contributed by atoms with E-state index in [0.717, 1.165) is 0 Å². The number of furan rings is 1. The smallest absolute Gasteiger partial charge is 0.305 e. The van der Waals surface area contributed by atoms with Gasteiger partial charge in [0.15, 0.2) is 0 Å². The van der Waals surface area contributed by atoms with E-state index in [0.29, 0.717) is 5.76 Å². The zero-order valence-corrected chi connectivity index (χ0v) is 9.32. The third kappa shape index (κ3) is 4.16. The molecule has 88 valence electrons. The van der Waals surface area contributed by atoms with Crippen molar-refractivity contribution in [1.82, 2.24) is 5.32 Å². The molecule has 0 fully saturated rings. The average molecular weight is 225 g/mol. The molecule has 1 amide bonds. The molecule has 1 heterocycles. The topological polar surface area (TPSA) is 79.5 Å². The number of aliphatic carboxylic acids is 1. The van der Waals surface area contributed by atoms with Crippen molar-refractivity contribution in [2.24, 2.45) is 0 Å². The number of hydrogen-bond acceptors (Lipinski definition) is 3. The molecule has 0 saturated heterocycles. The lowest BCUT2D eigenvalue weighted by atomic mass is 10.0. The van der Waals surface area contributed by atoms with Crippen LogP contribution in [-0.2, 0) is 16.0 Å². The lowest BCUT2D eigenvalue weighted by Crippen LogP contribution is -2.45. The van der Waals surface area contributed by atoms with Crippen molar-refractivity contribution in [3.63, 3.8) is 0 Å². The zero-order valence-electron chi connectivity index (χ0n) is 9.32. The Labute approximate surface area is 93.4 Å². The SMILES string of the molecule is CC(C)(CC(=O)O)NC(=O)Cc1ccco1. The number of hydrogen-bond donors (Lipinski definition) is 2. The first-order valence-electron chi connectivity index (χ1n) is 4.94. The highest BCUT2D eigenvalue weighted by Crippen LogP contribution is 2.09. The van der Waals surface area contributed by atoms with Crippen LogP contribution in [0.2, 0.25) is 0 Å². The largest absolute Gasteiger partial charge is 0.481 e. The van der Waals surface area contributed by atoms with Crippen LogP contribution in [0.15, 0.2) is 22.8 Å². The van der Waals surface area contributed by atoms with Gasteiger partial charge in [0.1, 0.15) is 5.76 Å². The number of carbonyl (C=O) groups excluding carboxylic acids is 1. The monoisotopic (exact) mass is 225 g/mol. The van der Waals surface area contributed by atoms with Gasteiger partial charge >= 0.3 is 5.97 Å². The van der Waals surface area contributed by atoms with Gasteiger partial charge in [-0.15, -0.1) is 0 Å². The van der Waals surface area contributed by atoms with Gasteiger partial charge in [0.2, 0.25) is 5.91 Å². The summed E-state index contributed by atoms with van der Waals surface area (Å²) in [5.74, 6) is -0.631. The Balaban J connectivity index is 2.47. The number of rotatable bonds is 5. The molecule has 5 nitrogen and oxygen atoms in total. The van der Waals surface area contributed by atoms with Crippen LogP contribution < -0.4 is 5.32 Å². The Morgan fingerprint density at radius 2 is 2.19 bits per heavy atom. The molecule has 0 atom stereocenters. The van der Waals surface area contributed by atoms with Gasteiger partial charge in [-0.2, -0.15) is 0 Å². The van der Waals surface area contributed by atoms with Crippen molar-refractivity contribution < 1.29 is 19.1 Å². The first-order chi connectivity index (χ1) is 7.39. The van der Waals surface area contributed by atoms with Crippen molar-refractivity contribution in [1.29, 1.82) is 0 Å². The summed E-state index contributed by atoms with van der Waals surface area (Å²) in [7, 11) is 0. The van der Waals surface area contributed by atoms with Crippen LogP contribution in [0.3, 0.4) is 0 Å². The fraction of sp³-hybridized carbons (Fsp3) is 0.455. The maximum atomic E-state index is 11.5. The van der Waals surface area contributed by atoms with Crippen molar-refractivity contribution in [3.05, 3.63) is 24.2 Å². The summed E-state index contributed by atoms with van der Waals surface area (Å²) in [5, 5.41) is 11.3. The lowest BCUT2D eigenvalue weighted by Gasteiger charge is -2.23. The molecule has 1 rings (SSSR count). The Morgan fingerprint density at radius 3 is 2.69 bits per heavy atom. The summed E-state index contributed by atoms with van der Waals surface area (Å²) in [6.45, 7) is 3.34. The second kappa shape index (κ2) is 4.83. The normalized spacial score (nSPS) is 11.1. The molecule has 0 aliphatic carbocycles. The van der Waals surface area contributed by atoms with Crippen LogP contribution in [0.1, 0.15) is 26.0 Å². The molecular formula is C11H15NO4. The molecule has 0 aliphatic rings. The van der Waals surface area contributed by atoms with Gasteiger partial charge in [0, 0.05) is 5.54 Å². The Bertz CT molecular complexity index is 367. The molecule has 0 unspecified atom stereocenters. The van der Waals surface area contributed by atoms with Gasteiger partial charge in [-0.1, -0.05) is 0 Å². The predicted octanol–water partition coefficient (Wildman–Crippen LogP) is 1.19. The van der Waals surface area contributed by atoms with Crippen LogP contribution in [0.4, 0.5) is 0 Å². The fourth-order valence-electron chi connectivity index (χ4n) is 1.42. The molecular weight excluding hydrogens is 210 g/mol. The third-order valence-electron chi connectivity index (χ3n) is 1.99. The van der Waals surface area contributed by atoms with Crippen LogP contribution in [-0.4, -0.2) is 22.5 Å². The van der Waals surface area contributed by atoms with Gasteiger partial charge in [-0.3, -0.25) is 9.59 Å². The maximum Gasteiger partial charge on any atom is 0.305 e. The third-order valence-corrected chi connectivity index (χ3v) is 1.99. The van der Waals surface area contributed by atoms with Gasteiger partial charge in [0.05, 0.1) is 19.1 Å². The lowest BCUT2D eigenvalue weighted by molar-refractivity contribution is -0.138. The van der Waals surface area contributed by atoms with E-state index < -0.39 is 11.5 Å². The van der Waals surface area contributed by atoms with E-state index in [1.54, 1.807) is 26.0 Å². The Hall–Kier alpha value is -1.78. The van der Waals surface area contributed by atoms with Gasteiger partial charge in [0.25, 0.3) is 0 Å². The number of carboxylic acid groups (broad SMARTS) is 1. The second-order valence-electron chi connectivity index (χ2n) is 4.26. The van der Waals surface area contributed by atoms with E-state index in [2.05, 4.69) is 5.32 Å². The highest BCUT2D eigenvalue weighted by molar-refractivity contribution is 5.79. The molecule has 0 radical (unpaired) electrons. The zero-order chi connectivity index (χ0) is 12.2. The van der Waals surface area contributed by atoms with E-state index in [9.17, 15) is 9.59 Å².